The van der Waals surface area contributed by atoms with Crippen molar-refractivity contribution in [2.75, 3.05) is 7.11 Å². The summed E-state index contributed by atoms with van der Waals surface area (Å²) >= 11 is 0. The second-order valence-electron chi connectivity index (χ2n) is 3.06. The smallest absolute Gasteiger partial charge is 0.144 e. The van der Waals surface area contributed by atoms with Crippen LogP contribution >= 0.6 is 0 Å². The van der Waals surface area contributed by atoms with E-state index in [1.165, 1.54) is 0 Å². The molecule has 0 radical (unpaired) electrons. The molecule has 15 heavy (non-hydrogen) atoms. The molecule has 0 aliphatic rings. The molecule has 2 aromatic rings. The maximum absolute atomic E-state index is 5.19. The zero-order valence-corrected chi connectivity index (χ0v) is 8.47. The topological polar surface area (TPSA) is 37.4 Å². The molecule has 0 atom stereocenters. The van der Waals surface area contributed by atoms with Gasteiger partial charge in [0.2, 0.25) is 0 Å². The average Bonchev–Trinajstić information content (AvgIpc) is 2.79. The van der Waals surface area contributed by atoms with Gasteiger partial charge in [0, 0.05) is 6.20 Å². The lowest BCUT2D eigenvalue weighted by atomic mass is 10.3. The molecule has 1 aromatic heterocycles. The Morgan fingerprint density at radius 1 is 1.20 bits per heavy atom. The van der Waals surface area contributed by atoms with Gasteiger partial charge < -0.3 is 9.72 Å². The summed E-state index contributed by atoms with van der Waals surface area (Å²) in [5.74, 6) is 0.778. The van der Waals surface area contributed by atoms with E-state index < -0.39 is 0 Å². The van der Waals surface area contributed by atoms with Crippen LogP contribution in [0.5, 0.6) is 5.75 Å². The Bertz CT molecular complexity index is 446. The molecule has 0 spiro atoms. The van der Waals surface area contributed by atoms with Gasteiger partial charge in [0.15, 0.2) is 0 Å². The van der Waals surface area contributed by atoms with Gasteiger partial charge in [-0.3, -0.25) is 4.99 Å². The number of rotatable bonds is 3. The van der Waals surface area contributed by atoms with Crippen LogP contribution in [0, 0.1) is 0 Å². The first-order valence-corrected chi connectivity index (χ1v) is 4.70. The lowest BCUT2D eigenvalue weighted by molar-refractivity contribution is 0.416. The molecule has 0 fully saturated rings. The second-order valence-corrected chi connectivity index (χ2v) is 3.06. The van der Waals surface area contributed by atoms with Crippen LogP contribution in [0.2, 0.25) is 0 Å². The first-order chi connectivity index (χ1) is 7.40. The Morgan fingerprint density at radius 3 is 2.80 bits per heavy atom. The zero-order chi connectivity index (χ0) is 10.5. The Hall–Kier alpha value is -2.03. The lowest BCUT2D eigenvalue weighted by Gasteiger charge is -2.01. The molecule has 1 heterocycles. The highest BCUT2D eigenvalue weighted by Crippen LogP contribution is 2.25. The fourth-order valence-corrected chi connectivity index (χ4v) is 1.30. The van der Waals surface area contributed by atoms with Crippen molar-refractivity contribution in [3.8, 4) is 5.75 Å². The molecule has 0 bridgehead atoms. The summed E-state index contributed by atoms with van der Waals surface area (Å²) in [7, 11) is 1.64. The van der Waals surface area contributed by atoms with Crippen LogP contribution in [0.4, 0.5) is 5.69 Å². The number of ether oxygens (including phenoxy) is 1. The highest BCUT2D eigenvalue weighted by atomic mass is 16.5. The summed E-state index contributed by atoms with van der Waals surface area (Å²) in [5.41, 5.74) is 1.80. The number of nitrogens with one attached hydrogen (secondary N) is 1. The number of benzene rings is 1. The minimum absolute atomic E-state index is 0.778. The van der Waals surface area contributed by atoms with Gasteiger partial charge in [0.1, 0.15) is 11.4 Å². The minimum atomic E-state index is 0.778. The van der Waals surface area contributed by atoms with Crippen molar-refractivity contribution in [2.45, 2.75) is 0 Å². The number of hydrogen-bond donors (Lipinski definition) is 1. The van der Waals surface area contributed by atoms with Crippen molar-refractivity contribution >= 4 is 11.9 Å². The summed E-state index contributed by atoms with van der Waals surface area (Å²) in [6.45, 7) is 0. The van der Waals surface area contributed by atoms with E-state index in [9.17, 15) is 0 Å². The molecule has 76 valence electrons. The zero-order valence-electron chi connectivity index (χ0n) is 8.47. The quantitative estimate of drug-likeness (QED) is 0.760. The molecule has 0 aliphatic carbocycles. The van der Waals surface area contributed by atoms with Crippen LogP contribution in [-0.2, 0) is 0 Å². The van der Waals surface area contributed by atoms with Crippen LogP contribution in [0.1, 0.15) is 5.69 Å². The Labute approximate surface area is 88.4 Å². The van der Waals surface area contributed by atoms with E-state index in [-0.39, 0.29) is 0 Å². The molecule has 0 aliphatic heterocycles. The summed E-state index contributed by atoms with van der Waals surface area (Å²) in [4.78, 5) is 7.39. The number of para-hydroxylation sites is 2. The SMILES string of the molecule is COc1ccccc1N=Cc1ccc[nH]1. The minimum Gasteiger partial charge on any atom is -0.494 e. The summed E-state index contributed by atoms with van der Waals surface area (Å²) in [6.07, 6.45) is 3.64. The van der Waals surface area contributed by atoms with Crippen LogP contribution in [0.3, 0.4) is 0 Å². The van der Waals surface area contributed by atoms with Gasteiger partial charge in [-0.05, 0) is 24.3 Å². The van der Waals surface area contributed by atoms with E-state index in [1.54, 1.807) is 13.3 Å². The molecular weight excluding hydrogens is 188 g/mol. The predicted octanol–water partition coefficient (Wildman–Crippen LogP) is 2.77. The number of aromatic nitrogens is 1. The lowest BCUT2D eigenvalue weighted by Crippen LogP contribution is -1.83. The van der Waals surface area contributed by atoms with E-state index in [0.29, 0.717) is 0 Å². The molecule has 3 nitrogen and oxygen atoms in total. The molecule has 0 saturated heterocycles. The number of methoxy groups -OCH3 is 1. The Kier molecular flexibility index (Phi) is 2.83. The largest absolute Gasteiger partial charge is 0.494 e. The molecule has 0 unspecified atom stereocenters. The standard InChI is InChI=1S/C12H12N2O/c1-15-12-7-3-2-6-11(12)14-9-10-5-4-8-13-10/h2-9,13H,1H3. The van der Waals surface area contributed by atoms with Crippen molar-refractivity contribution in [3.05, 3.63) is 48.3 Å². The Balaban J connectivity index is 2.24. The van der Waals surface area contributed by atoms with Crippen molar-refractivity contribution in [1.29, 1.82) is 0 Å². The first-order valence-electron chi connectivity index (χ1n) is 4.70. The van der Waals surface area contributed by atoms with E-state index in [4.69, 9.17) is 4.74 Å². The first kappa shape index (κ1) is 9.52. The van der Waals surface area contributed by atoms with Crippen LogP contribution in [-0.4, -0.2) is 18.3 Å². The normalized spacial score (nSPS) is 10.7. The number of hydrogen-bond acceptors (Lipinski definition) is 2. The fraction of sp³-hybridized carbons (Fsp3) is 0.0833. The van der Waals surface area contributed by atoms with Gasteiger partial charge in [-0.15, -0.1) is 0 Å². The van der Waals surface area contributed by atoms with Gasteiger partial charge in [-0.1, -0.05) is 12.1 Å². The van der Waals surface area contributed by atoms with Crippen molar-refractivity contribution in [1.82, 2.24) is 4.98 Å². The monoisotopic (exact) mass is 200 g/mol. The molecular formula is C12H12N2O. The molecule has 1 aromatic carbocycles. The third kappa shape index (κ3) is 2.26. The predicted molar refractivity (Wildman–Crippen MR) is 61.0 cm³/mol. The van der Waals surface area contributed by atoms with Gasteiger partial charge in [-0.25, -0.2) is 0 Å². The highest BCUT2D eigenvalue weighted by molar-refractivity contribution is 5.80. The second kappa shape index (κ2) is 4.46. The number of H-pyrrole nitrogens is 1. The molecule has 0 amide bonds. The van der Waals surface area contributed by atoms with Crippen molar-refractivity contribution in [3.63, 3.8) is 0 Å². The van der Waals surface area contributed by atoms with Crippen LogP contribution in [0.25, 0.3) is 0 Å². The maximum Gasteiger partial charge on any atom is 0.144 e. The third-order valence-electron chi connectivity index (χ3n) is 2.05. The number of nitrogens with zero attached hydrogens (tertiary/aromatic N) is 1. The fourth-order valence-electron chi connectivity index (χ4n) is 1.30. The average molecular weight is 200 g/mol. The summed E-state index contributed by atoms with van der Waals surface area (Å²) in [5, 5.41) is 0. The highest BCUT2D eigenvalue weighted by Gasteiger charge is 1.97. The van der Waals surface area contributed by atoms with Crippen molar-refractivity contribution < 1.29 is 4.74 Å². The number of aliphatic imine (C=N–C) groups is 1. The van der Waals surface area contributed by atoms with Gasteiger partial charge >= 0.3 is 0 Å². The van der Waals surface area contributed by atoms with Gasteiger partial charge in [-0.2, -0.15) is 0 Å². The van der Waals surface area contributed by atoms with E-state index in [1.807, 2.05) is 42.6 Å². The molecule has 0 saturated carbocycles. The van der Waals surface area contributed by atoms with Crippen LogP contribution in [0.15, 0.2) is 47.6 Å². The summed E-state index contributed by atoms with van der Waals surface area (Å²) < 4.78 is 5.19. The van der Waals surface area contributed by atoms with Gasteiger partial charge in [0.25, 0.3) is 0 Å². The summed E-state index contributed by atoms with van der Waals surface area (Å²) in [6, 6.07) is 11.6. The van der Waals surface area contributed by atoms with E-state index in [2.05, 4.69) is 9.98 Å². The van der Waals surface area contributed by atoms with E-state index >= 15 is 0 Å². The molecule has 1 N–H and O–H groups in total. The Morgan fingerprint density at radius 2 is 2.07 bits per heavy atom. The molecule has 2 rings (SSSR count). The maximum atomic E-state index is 5.19. The van der Waals surface area contributed by atoms with Crippen molar-refractivity contribution in [2.24, 2.45) is 4.99 Å². The van der Waals surface area contributed by atoms with Crippen LogP contribution < -0.4 is 4.74 Å². The molecule has 3 heteroatoms. The third-order valence-corrected chi connectivity index (χ3v) is 2.05. The number of aromatic amines is 1. The van der Waals surface area contributed by atoms with E-state index in [0.717, 1.165) is 17.1 Å². The van der Waals surface area contributed by atoms with Gasteiger partial charge in [0.05, 0.1) is 19.0 Å².